The zero-order valence-electron chi connectivity index (χ0n) is 11.6. The molecule has 0 aliphatic heterocycles. The van der Waals surface area contributed by atoms with Gasteiger partial charge in [0.2, 0.25) is 0 Å². The highest BCUT2D eigenvalue weighted by molar-refractivity contribution is 4.99. The van der Waals surface area contributed by atoms with Crippen LogP contribution in [0.15, 0.2) is 0 Å². The van der Waals surface area contributed by atoms with E-state index < -0.39 is 0 Å². The molecule has 0 aliphatic rings. The summed E-state index contributed by atoms with van der Waals surface area (Å²) in [6, 6.07) is 0.303. The van der Waals surface area contributed by atoms with E-state index in [-0.39, 0.29) is 0 Å². The van der Waals surface area contributed by atoms with Gasteiger partial charge in [-0.1, -0.05) is 20.3 Å². The SMILES string of the molecule is CCCn1c(C)nnc1C(C)CCCC(C)N. The van der Waals surface area contributed by atoms with E-state index in [1.165, 1.54) is 0 Å². The first-order chi connectivity index (χ1) is 8.06. The third-order valence-corrected chi connectivity index (χ3v) is 3.15. The zero-order valence-corrected chi connectivity index (χ0v) is 11.6. The Balaban J connectivity index is 2.58. The van der Waals surface area contributed by atoms with Crippen LogP contribution in [-0.4, -0.2) is 20.8 Å². The molecule has 0 aromatic carbocycles. The van der Waals surface area contributed by atoms with Gasteiger partial charge in [0.05, 0.1) is 0 Å². The molecule has 1 heterocycles. The summed E-state index contributed by atoms with van der Waals surface area (Å²) in [5.41, 5.74) is 5.77. The normalized spacial score (nSPS) is 14.9. The lowest BCUT2D eigenvalue weighted by Gasteiger charge is -2.14. The van der Waals surface area contributed by atoms with E-state index in [9.17, 15) is 0 Å². The molecule has 0 bridgehead atoms. The van der Waals surface area contributed by atoms with Crippen molar-refractivity contribution in [3.05, 3.63) is 11.6 Å². The second-order valence-corrected chi connectivity index (χ2v) is 5.07. The van der Waals surface area contributed by atoms with Crippen molar-refractivity contribution < 1.29 is 0 Å². The summed E-state index contributed by atoms with van der Waals surface area (Å²) in [4.78, 5) is 0. The van der Waals surface area contributed by atoms with Gasteiger partial charge in [0.1, 0.15) is 11.6 Å². The monoisotopic (exact) mass is 238 g/mol. The van der Waals surface area contributed by atoms with Gasteiger partial charge in [0, 0.05) is 18.5 Å². The van der Waals surface area contributed by atoms with Crippen molar-refractivity contribution in [1.29, 1.82) is 0 Å². The molecule has 0 spiro atoms. The molecule has 2 unspecified atom stereocenters. The smallest absolute Gasteiger partial charge is 0.135 e. The molecule has 1 aromatic heterocycles. The topological polar surface area (TPSA) is 56.7 Å². The van der Waals surface area contributed by atoms with Crippen molar-refractivity contribution in [2.45, 2.75) is 71.9 Å². The highest BCUT2D eigenvalue weighted by Gasteiger charge is 2.15. The quantitative estimate of drug-likeness (QED) is 0.794. The van der Waals surface area contributed by atoms with Crippen molar-refractivity contribution in [3.63, 3.8) is 0 Å². The Labute approximate surface area is 105 Å². The molecular weight excluding hydrogens is 212 g/mol. The predicted molar refractivity (Wildman–Crippen MR) is 71.0 cm³/mol. The maximum absolute atomic E-state index is 5.77. The maximum atomic E-state index is 5.77. The molecule has 0 fully saturated rings. The van der Waals surface area contributed by atoms with Crippen LogP contribution in [0.5, 0.6) is 0 Å². The van der Waals surface area contributed by atoms with Crippen LogP contribution in [0, 0.1) is 6.92 Å². The van der Waals surface area contributed by atoms with Crippen molar-refractivity contribution in [3.8, 4) is 0 Å². The lowest BCUT2D eigenvalue weighted by molar-refractivity contribution is 0.515. The Bertz CT molecular complexity index is 330. The fourth-order valence-corrected chi connectivity index (χ4v) is 2.14. The van der Waals surface area contributed by atoms with Crippen molar-refractivity contribution in [2.24, 2.45) is 5.73 Å². The van der Waals surface area contributed by atoms with E-state index in [4.69, 9.17) is 5.73 Å². The minimum atomic E-state index is 0.303. The molecule has 98 valence electrons. The minimum Gasteiger partial charge on any atom is -0.328 e. The summed E-state index contributed by atoms with van der Waals surface area (Å²) in [7, 11) is 0. The first kappa shape index (κ1) is 14.2. The van der Waals surface area contributed by atoms with Gasteiger partial charge < -0.3 is 10.3 Å². The van der Waals surface area contributed by atoms with Gasteiger partial charge >= 0.3 is 0 Å². The van der Waals surface area contributed by atoms with E-state index in [1.54, 1.807) is 0 Å². The molecule has 17 heavy (non-hydrogen) atoms. The summed E-state index contributed by atoms with van der Waals surface area (Å²) < 4.78 is 2.25. The fraction of sp³-hybridized carbons (Fsp3) is 0.846. The van der Waals surface area contributed by atoms with Gasteiger partial charge in [-0.2, -0.15) is 0 Å². The molecule has 0 saturated heterocycles. The van der Waals surface area contributed by atoms with E-state index in [0.29, 0.717) is 12.0 Å². The molecule has 4 heteroatoms. The van der Waals surface area contributed by atoms with Crippen LogP contribution < -0.4 is 5.73 Å². The number of aryl methyl sites for hydroxylation is 1. The number of rotatable bonds is 7. The molecule has 2 N–H and O–H groups in total. The van der Waals surface area contributed by atoms with Gasteiger partial charge in [-0.25, -0.2) is 0 Å². The van der Waals surface area contributed by atoms with Gasteiger partial charge in [-0.3, -0.25) is 0 Å². The van der Waals surface area contributed by atoms with Crippen LogP contribution in [-0.2, 0) is 6.54 Å². The molecule has 2 atom stereocenters. The molecule has 0 amide bonds. The second-order valence-electron chi connectivity index (χ2n) is 5.07. The van der Waals surface area contributed by atoms with Gasteiger partial charge in [-0.05, 0) is 33.1 Å². The lowest BCUT2D eigenvalue weighted by Crippen LogP contribution is -2.15. The number of hydrogen-bond donors (Lipinski definition) is 1. The van der Waals surface area contributed by atoms with Crippen molar-refractivity contribution in [2.75, 3.05) is 0 Å². The minimum absolute atomic E-state index is 0.303. The number of nitrogens with two attached hydrogens (primary N) is 1. The molecule has 4 nitrogen and oxygen atoms in total. The number of nitrogens with zero attached hydrogens (tertiary/aromatic N) is 3. The second kappa shape index (κ2) is 6.74. The fourth-order valence-electron chi connectivity index (χ4n) is 2.14. The molecule has 1 aromatic rings. The van der Waals surface area contributed by atoms with Crippen LogP contribution >= 0.6 is 0 Å². The van der Waals surface area contributed by atoms with Crippen molar-refractivity contribution in [1.82, 2.24) is 14.8 Å². The summed E-state index contributed by atoms with van der Waals surface area (Å²) in [6.45, 7) is 9.53. The molecule has 1 rings (SSSR count). The van der Waals surface area contributed by atoms with E-state index in [0.717, 1.165) is 43.9 Å². The zero-order chi connectivity index (χ0) is 12.8. The lowest BCUT2D eigenvalue weighted by atomic mass is 10.0. The Kier molecular flexibility index (Phi) is 5.62. The Hall–Kier alpha value is -0.900. The van der Waals surface area contributed by atoms with E-state index >= 15 is 0 Å². The van der Waals surface area contributed by atoms with Gasteiger partial charge in [-0.15, -0.1) is 10.2 Å². The summed E-state index contributed by atoms with van der Waals surface area (Å²) in [5, 5.41) is 8.50. The molecular formula is C13H26N4. The average molecular weight is 238 g/mol. The molecule has 0 aliphatic carbocycles. The summed E-state index contributed by atoms with van der Waals surface area (Å²) in [6.07, 6.45) is 4.52. The summed E-state index contributed by atoms with van der Waals surface area (Å²) in [5.74, 6) is 2.64. The van der Waals surface area contributed by atoms with Crippen LogP contribution in [0.3, 0.4) is 0 Å². The third-order valence-electron chi connectivity index (χ3n) is 3.15. The Morgan fingerprint density at radius 3 is 2.53 bits per heavy atom. The summed E-state index contributed by atoms with van der Waals surface area (Å²) >= 11 is 0. The van der Waals surface area contributed by atoms with Crippen LogP contribution in [0.25, 0.3) is 0 Å². The Morgan fingerprint density at radius 2 is 1.94 bits per heavy atom. The number of aromatic nitrogens is 3. The average Bonchev–Trinajstić information content (AvgIpc) is 2.61. The number of hydrogen-bond acceptors (Lipinski definition) is 3. The van der Waals surface area contributed by atoms with Crippen molar-refractivity contribution >= 4 is 0 Å². The molecule has 0 saturated carbocycles. The van der Waals surface area contributed by atoms with E-state index in [2.05, 4.69) is 35.5 Å². The van der Waals surface area contributed by atoms with E-state index in [1.807, 2.05) is 6.92 Å². The highest BCUT2D eigenvalue weighted by Crippen LogP contribution is 2.21. The predicted octanol–water partition coefficient (Wildman–Crippen LogP) is 2.62. The first-order valence-corrected chi connectivity index (χ1v) is 6.71. The molecule has 0 radical (unpaired) electrons. The third kappa shape index (κ3) is 4.11. The Morgan fingerprint density at radius 1 is 1.24 bits per heavy atom. The van der Waals surface area contributed by atoms with Gasteiger partial charge in [0.15, 0.2) is 0 Å². The van der Waals surface area contributed by atoms with Gasteiger partial charge in [0.25, 0.3) is 0 Å². The first-order valence-electron chi connectivity index (χ1n) is 6.71. The van der Waals surface area contributed by atoms with Crippen LogP contribution in [0.1, 0.15) is 64.0 Å². The largest absolute Gasteiger partial charge is 0.328 e. The maximum Gasteiger partial charge on any atom is 0.135 e. The standard InChI is InChI=1S/C13H26N4/c1-5-9-17-12(4)15-16-13(17)10(2)7-6-8-11(3)14/h10-11H,5-9,14H2,1-4H3. The van der Waals surface area contributed by atoms with Crippen LogP contribution in [0.2, 0.25) is 0 Å². The highest BCUT2D eigenvalue weighted by atomic mass is 15.3. The van der Waals surface area contributed by atoms with Crippen LogP contribution in [0.4, 0.5) is 0 Å².